The number of aliphatic hydroxyl groups excluding tert-OH is 1. The lowest BCUT2D eigenvalue weighted by molar-refractivity contribution is 0.121. The van der Waals surface area contributed by atoms with E-state index in [1.54, 1.807) is 0 Å². The van der Waals surface area contributed by atoms with Crippen LogP contribution in [0.2, 0.25) is 0 Å². The lowest BCUT2D eigenvalue weighted by atomic mass is 9.95. The average molecular weight is 243 g/mol. The largest absolute Gasteiger partial charge is 0.394 e. The zero-order valence-electron chi connectivity index (χ0n) is 11.7. The molecule has 0 saturated heterocycles. The molecule has 1 atom stereocenters. The number of rotatable bonds is 9. The Balaban J connectivity index is 2.34. The van der Waals surface area contributed by atoms with Crippen molar-refractivity contribution in [1.82, 2.24) is 9.80 Å². The summed E-state index contributed by atoms with van der Waals surface area (Å²) in [4.78, 5) is 4.58. The fourth-order valence-corrected chi connectivity index (χ4v) is 2.34. The van der Waals surface area contributed by atoms with E-state index in [-0.39, 0.29) is 12.1 Å². The van der Waals surface area contributed by atoms with Gasteiger partial charge in [0.2, 0.25) is 0 Å². The lowest BCUT2D eigenvalue weighted by Crippen LogP contribution is -2.55. The SMILES string of the molecule is CCN(CCCN(C)C)CC(N)(CO)C1CC1. The van der Waals surface area contributed by atoms with E-state index in [2.05, 4.69) is 30.8 Å². The second kappa shape index (κ2) is 6.69. The Bertz CT molecular complexity index is 219. The summed E-state index contributed by atoms with van der Waals surface area (Å²) in [5.41, 5.74) is 5.94. The van der Waals surface area contributed by atoms with Crippen molar-refractivity contribution in [3.05, 3.63) is 0 Å². The van der Waals surface area contributed by atoms with E-state index in [9.17, 15) is 5.11 Å². The van der Waals surface area contributed by atoms with Gasteiger partial charge in [0.05, 0.1) is 12.1 Å². The first-order valence-electron chi connectivity index (χ1n) is 6.78. The minimum absolute atomic E-state index is 0.113. The van der Waals surface area contributed by atoms with Crippen LogP contribution >= 0.6 is 0 Å². The molecule has 1 aliphatic rings. The fraction of sp³-hybridized carbons (Fsp3) is 1.00. The van der Waals surface area contributed by atoms with Crippen molar-refractivity contribution in [2.75, 3.05) is 46.9 Å². The van der Waals surface area contributed by atoms with Gasteiger partial charge in [0, 0.05) is 6.54 Å². The number of nitrogens with zero attached hydrogens (tertiary/aromatic N) is 2. The van der Waals surface area contributed by atoms with Crippen molar-refractivity contribution in [3.63, 3.8) is 0 Å². The summed E-state index contributed by atoms with van der Waals surface area (Å²) in [6.07, 6.45) is 3.53. The molecule has 1 unspecified atom stereocenters. The molecule has 0 bridgehead atoms. The van der Waals surface area contributed by atoms with Gasteiger partial charge in [-0.05, 0) is 58.9 Å². The van der Waals surface area contributed by atoms with Crippen LogP contribution in [0.15, 0.2) is 0 Å². The highest BCUT2D eigenvalue weighted by Crippen LogP contribution is 2.38. The summed E-state index contributed by atoms with van der Waals surface area (Å²) in [7, 11) is 4.20. The first-order chi connectivity index (χ1) is 8.01. The molecule has 1 rings (SSSR count). The van der Waals surface area contributed by atoms with Gasteiger partial charge in [-0.25, -0.2) is 0 Å². The molecule has 0 heterocycles. The molecule has 0 amide bonds. The van der Waals surface area contributed by atoms with E-state index in [0.29, 0.717) is 5.92 Å². The highest BCUT2D eigenvalue weighted by molar-refractivity contribution is 5.00. The first-order valence-corrected chi connectivity index (χ1v) is 6.78. The van der Waals surface area contributed by atoms with E-state index in [0.717, 1.165) is 32.6 Å². The van der Waals surface area contributed by atoms with Crippen molar-refractivity contribution < 1.29 is 5.11 Å². The van der Waals surface area contributed by atoms with Crippen LogP contribution < -0.4 is 5.73 Å². The molecular formula is C13H29N3O. The second-order valence-electron chi connectivity index (χ2n) is 5.69. The van der Waals surface area contributed by atoms with Crippen LogP contribution in [0.25, 0.3) is 0 Å². The smallest absolute Gasteiger partial charge is 0.0626 e. The summed E-state index contributed by atoms with van der Waals surface area (Å²) < 4.78 is 0. The van der Waals surface area contributed by atoms with Gasteiger partial charge in [0.25, 0.3) is 0 Å². The zero-order valence-corrected chi connectivity index (χ0v) is 11.7. The van der Waals surface area contributed by atoms with Gasteiger partial charge in [-0.2, -0.15) is 0 Å². The maximum atomic E-state index is 9.49. The molecule has 17 heavy (non-hydrogen) atoms. The highest BCUT2D eigenvalue weighted by atomic mass is 16.3. The molecule has 0 radical (unpaired) electrons. The molecule has 0 aromatic carbocycles. The molecule has 4 nitrogen and oxygen atoms in total. The van der Waals surface area contributed by atoms with Crippen molar-refractivity contribution >= 4 is 0 Å². The minimum atomic E-state index is -0.367. The Kier molecular flexibility index (Phi) is 5.86. The van der Waals surface area contributed by atoms with Crippen molar-refractivity contribution in [1.29, 1.82) is 0 Å². The third-order valence-corrected chi connectivity index (χ3v) is 3.73. The lowest BCUT2D eigenvalue weighted by Gasteiger charge is -2.34. The summed E-state index contributed by atoms with van der Waals surface area (Å²) in [5, 5.41) is 9.49. The minimum Gasteiger partial charge on any atom is -0.394 e. The monoisotopic (exact) mass is 243 g/mol. The van der Waals surface area contributed by atoms with Crippen molar-refractivity contribution in [2.24, 2.45) is 11.7 Å². The molecule has 0 spiro atoms. The van der Waals surface area contributed by atoms with Crippen LogP contribution in [0.4, 0.5) is 0 Å². The molecule has 0 aliphatic heterocycles. The summed E-state index contributed by atoms with van der Waals surface area (Å²) in [6, 6.07) is 0. The van der Waals surface area contributed by atoms with Crippen molar-refractivity contribution in [3.8, 4) is 0 Å². The molecule has 0 aromatic rings. The van der Waals surface area contributed by atoms with Crippen LogP contribution in [0, 0.1) is 5.92 Å². The average Bonchev–Trinajstić information content (AvgIpc) is 3.11. The second-order valence-corrected chi connectivity index (χ2v) is 5.69. The Morgan fingerprint density at radius 2 is 1.94 bits per heavy atom. The molecule has 3 N–H and O–H groups in total. The number of aliphatic hydroxyl groups is 1. The number of likely N-dealkylation sites (N-methyl/N-ethyl adjacent to an activating group) is 1. The van der Waals surface area contributed by atoms with Gasteiger partial charge in [-0.3, -0.25) is 0 Å². The highest BCUT2D eigenvalue weighted by Gasteiger charge is 2.42. The maximum absolute atomic E-state index is 9.49. The predicted octanol–water partition coefficient (Wildman–Crippen LogP) is 0.360. The third kappa shape index (κ3) is 4.92. The Morgan fingerprint density at radius 1 is 1.29 bits per heavy atom. The summed E-state index contributed by atoms with van der Waals surface area (Å²) in [6.45, 7) is 6.30. The number of hydrogen-bond acceptors (Lipinski definition) is 4. The normalized spacial score (nSPS) is 19.9. The van der Waals surface area contributed by atoms with Crippen LogP contribution in [0.1, 0.15) is 26.2 Å². The Morgan fingerprint density at radius 3 is 2.35 bits per heavy atom. The fourth-order valence-electron chi connectivity index (χ4n) is 2.34. The predicted molar refractivity (Wildman–Crippen MR) is 72.0 cm³/mol. The molecule has 4 heteroatoms. The van der Waals surface area contributed by atoms with E-state index >= 15 is 0 Å². The van der Waals surface area contributed by atoms with Crippen LogP contribution in [-0.2, 0) is 0 Å². The quantitative estimate of drug-likeness (QED) is 0.614. The molecule has 0 aromatic heterocycles. The Labute approximate surface area is 106 Å². The maximum Gasteiger partial charge on any atom is 0.0626 e. The topological polar surface area (TPSA) is 52.7 Å². The van der Waals surface area contributed by atoms with Crippen LogP contribution in [0.5, 0.6) is 0 Å². The van der Waals surface area contributed by atoms with E-state index in [4.69, 9.17) is 5.73 Å². The molecule has 1 aliphatic carbocycles. The molecule has 1 saturated carbocycles. The van der Waals surface area contributed by atoms with E-state index < -0.39 is 0 Å². The zero-order chi connectivity index (χ0) is 12.9. The van der Waals surface area contributed by atoms with Gasteiger partial charge in [0.1, 0.15) is 0 Å². The van der Waals surface area contributed by atoms with Crippen LogP contribution in [0.3, 0.4) is 0 Å². The van der Waals surface area contributed by atoms with Gasteiger partial charge < -0.3 is 20.6 Å². The Hall–Kier alpha value is -0.160. The van der Waals surface area contributed by atoms with Gasteiger partial charge in [-0.15, -0.1) is 0 Å². The third-order valence-electron chi connectivity index (χ3n) is 3.73. The number of nitrogens with two attached hydrogens (primary N) is 1. The number of hydrogen-bond donors (Lipinski definition) is 2. The van der Waals surface area contributed by atoms with Crippen molar-refractivity contribution in [2.45, 2.75) is 31.7 Å². The van der Waals surface area contributed by atoms with Gasteiger partial charge >= 0.3 is 0 Å². The van der Waals surface area contributed by atoms with E-state index in [1.165, 1.54) is 12.8 Å². The van der Waals surface area contributed by atoms with Gasteiger partial charge in [0.15, 0.2) is 0 Å². The molecule has 102 valence electrons. The standard InChI is InChI=1S/C13H29N3O/c1-4-16(9-5-8-15(2)3)10-13(14,11-17)12-6-7-12/h12,17H,4-11,14H2,1-3H3. The summed E-state index contributed by atoms with van der Waals surface area (Å²) in [5.74, 6) is 0.537. The first kappa shape index (κ1) is 14.9. The van der Waals surface area contributed by atoms with Gasteiger partial charge in [-0.1, -0.05) is 6.92 Å². The molecule has 1 fully saturated rings. The summed E-state index contributed by atoms with van der Waals surface area (Å²) >= 11 is 0. The van der Waals surface area contributed by atoms with E-state index in [1.807, 2.05) is 0 Å². The molecular weight excluding hydrogens is 214 g/mol. The van der Waals surface area contributed by atoms with Crippen LogP contribution in [-0.4, -0.2) is 67.3 Å².